The van der Waals surface area contributed by atoms with Gasteiger partial charge in [0, 0.05) is 30.4 Å². The van der Waals surface area contributed by atoms with Crippen LogP contribution in [0.1, 0.15) is 36.0 Å². The lowest BCUT2D eigenvalue weighted by atomic mass is 9.77. The zero-order chi connectivity index (χ0) is 23.5. The minimum absolute atomic E-state index is 0.00211. The Labute approximate surface area is 192 Å². The summed E-state index contributed by atoms with van der Waals surface area (Å²) < 4.78 is 0. The van der Waals surface area contributed by atoms with Crippen LogP contribution in [0.5, 0.6) is 0 Å². The number of rotatable bonds is 3. The van der Waals surface area contributed by atoms with Gasteiger partial charge in [0.2, 0.25) is 5.91 Å². The van der Waals surface area contributed by atoms with Crippen molar-refractivity contribution in [2.24, 2.45) is 11.8 Å². The second-order valence-corrected chi connectivity index (χ2v) is 9.17. The lowest BCUT2D eigenvalue weighted by Crippen LogP contribution is -2.48. The Morgan fingerprint density at radius 2 is 1.64 bits per heavy atom. The molecule has 1 aromatic carbocycles. The largest absolute Gasteiger partial charge is 0.483 e. The number of hydrogen-bond donors (Lipinski definition) is 3. The van der Waals surface area contributed by atoms with E-state index in [1.807, 2.05) is 4.90 Å². The number of hydrogen-bond acceptors (Lipinski definition) is 6. The zero-order valence-corrected chi connectivity index (χ0v) is 18.4. The van der Waals surface area contributed by atoms with Gasteiger partial charge < -0.3 is 15.1 Å². The third-order valence-electron chi connectivity index (χ3n) is 7.23. The van der Waals surface area contributed by atoms with Crippen LogP contribution in [0.25, 0.3) is 0 Å². The summed E-state index contributed by atoms with van der Waals surface area (Å²) in [7, 11) is 0. The number of carbonyl (C=O) groups excluding carboxylic acids is 3. The van der Waals surface area contributed by atoms with Crippen molar-refractivity contribution in [1.82, 2.24) is 15.1 Å². The fraction of sp³-hybridized carbons (Fsp3) is 0.565. The lowest BCUT2D eigenvalue weighted by molar-refractivity contribution is -0.123. The number of benzene rings is 1. The quantitative estimate of drug-likeness (QED) is 0.450. The van der Waals surface area contributed by atoms with Crippen LogP contribution >= 0.6 is 0 Å². The summed E-state index contributed by atoms with van der Waals surface area (Å²) >= 11 is 0. The van der Waals surface area contributed by atoms with Gasteiger partial charge in [0.25, 0.3) is 12.4 Å². The predicted octanol–water partition coefficient (Wildman–Crippen LogP) is 0.751. The first-order valence-electron chi connectivity index (χ1n) is 11.4. The van der Waals surface area contributed by atoms with Crippen LogP contribution in [0.4, 0.5) is 10.5 Å². The van der Waals surface area contributed by atoms with E-state index in [9.17, 15) is 19.5 Å². The Morgan fingerprint density at radius 1 is 1.03 bits per heavy atom. The van der Waals surface area contributed by atoms with Crippen molar-refractivity contribution in [2.75, 3.05) is 37.6 Å². The molecule has 0 aromatic heterocycles. The van der Waals surface area contributed by atoms with Crippen molar-refractivity contribution in [3.63, 3.8) is 0 Å². The molecule has 3 saturated heterocycles. The molecule has 0 bridgehead atoms. The number of aliphatic hydroxyl groups is 1. The molecule has 0 radical (unpaired) electrons. The molecule has 3 N–H and O–H groups in total. The molecule has 1 aliphatic carbocycles. The van der Waals surface area contributed by atoms with Gasteiger partial charge in [-0.1, -0.05) is 0 Å². The predicted molar refractivity (Wildman–Crippen MR) is 119 cm³/mol. The van der Waals surface area contributed by atoms with E-state index in [2.05, 4.69) is 10.2 Å². The number of carbonyl (C=O) groups is 4. The monoisotopic (exact) mass is 458 g/mol. The van der Waals surface area contributed by atoms with E-state index in [4.69, 9.17) is 9.90 Å². The van der Waals surface area contributed by atoms with E-state index in [1.165, 1.54) is 17.7 Å². The average molecular weight is 459 g/mol. The van der Waals surface area contributed by atoms with Crippen LogP contribution in [0, 0.1) is 11.8 Å². The van der Waals surface area contributed by atoms with E-state index in [0.717, 1.165) is 32.5 Å². The summed E-state index contributed by atoms with van der Waals surface area (Å²) in [5.41, 5.74) is 1.18. The minimum Gasteiger partial charge on any atom is -0.483 e. The van der Waals surface area contributed by atoms with Crippen molar-refractivity contribution in [2.45, 2.75) is 37.8 Å². The number of nitrogens with one attached hydrogen (secondary N) is 1. The number of urea groups is 1. The summed E-state index contributed by atoms with van der Waals surface area (Å²) in [6.45, 7) is 3.34. The SMILES string of the molecule is O=C1CN(c2ccc(C(=O)N3C[C@H]4C[C@@H](N5CCCC5)[C@H](O)C[C@H]4C3)cc2)C(=O)N1.O=CO. The highest BCUT2D eigenvalue weighted by molar-refractivity contribution is 6.12. The number of carboxylic acid groups (broad SMARTS) is 1. The van der Waals surface area contributed by atoms with Gasteiger partial charge in [-0.2, -0.15) is 0 Å². The number of likely N-dealkylation sites (tertiary alicyclic amines) is 2. The molecule has 0 spiro atoms. The Morgan fingerprint density at radius 3 is 2.21 bits per heavy atom. The van der Waals surface area contributed by atoms with E-state index in [0.29, 0.717) is 29.6 Å². The van der Waals surface area contributed by atoms with Crippen LogP contribution in [-0.4, -0.2) is 89.2 Å². The Hall–Kier alpha value is -2.98. The summed E-state index contributed by atoms with van der Waals surface area (Å²) in [6, 6.07) is 6.66. The minimum atomic E-state index is -0.436. The first-order chi connectivity index (χ1) is 15.9. The number of fused-ring (bicyclic) bond motifs is 1. The maximum Gasteiger partial charge on any atom is 0.329 e. The molecule has 1 saturated carbocycles. The molecule has 4 fully saturated rings. The Kier molecular flexibility index (Phi) is 6.94. The fourth-order valence-corrected chi connectivity index (χ4v) is 5.66. The van der Waals surface area contributed by atoms with Crippen molar-refractivity contribution >= 4 is 30.0 Å². The van der Waals surface area contributed by atoms with E-state index >= 15 is 0 Å². The Balaban J connectivity index is 0.000000821. The molecule has 3 aliphatic heterocycles. The van der Waals surface area contributed by atoms with E-state index < -0.39 is 6.03 Å². The van der Waals surface area contributed by atoms with Crippen molar-refractivity contribution in [3.05, 3.63) is 29.8 Å². The van der Waals surface area contributed by atoms with Crippen LogP contribution in [0.15, 0.2) is 24.3 Å². The van der Waals surface area contributed by atoms with Gasteiger partial charge in [-0.15, -0.1) is 0 Å². The molecule has 10 nitrogen and oxygen atoms in total. The van der Waals surface area contributed by atoms with Gasteiger partial charge in [0.15, 0.2) is 0 Å². The normalized spacial score (nSPS) is 29.4. The van der Waals surface area contributed by atoms with Gasteiger partial charge in [0.1, 0.15) is 6.54 Å². The number of anilines is 1. The van der Waals surface area contributed by atoms with E-state index in [1.54, 1.807) is 24.3 Å². The molecule has 1 aromatic rings. The molecular weight excluding hydrogens is 428 g/mol. The first kappa shape index (κ1) is 23.2. The van der Waals surface area contributed by atoms with Crippen LogP contribution in [0.3, 0.4) is 0 Å². The summed E-state index contributed by atoms with van der Waals surface area (Å²) in [5, 5.41) is 19.8. The molecule has 4 amide bonds. The second kappa shape index (κ2) is 9.88. The number of imide groups is 1. The van der Waals surface area contributed by atoms with Crippen molar-refractivity contribution < 1.29 is 29.4 Å². The molecule has 3 heterocycles. The summed E-state index contributed by atoms with van der Waals surface area (Å²) in [6.07, 6.45) is 3.86. The van der Waals surface area contributed by atoms with E-state index in [-0.39, 0.29) is 37.0 Å². The zero-order valence-electron chi connectivity index (χ0n) is 18.4. The third kappa shape index (κ3) is 4.86. The average Bonchev–Trinajstić information content (AvgIpc) is 3.53. The molecule has 178 valence electrons. The Bertz CT molecular complexity index is 901. The number of amides is 4. The third-order valence-corrected chi connectivity index (χ3v) is 7.23. The summed E-state index contributed by atoms with van der Waals surface area (Å²) in [5.74, 6) is 0.474. The topological polar surface area (TPSA) is 130 Å². The highest BCUT2D eigenvalue weighted by Gasteiger charge is 2.45. The maximum atomic E-state index is 13.1. The van der Waals surface area contributed by atoms with Gasteiger partial charge in [-0.25, -0.2) is 4.79 Å². The lowest BCUT2D eigenvalue weighted by Gasteiger charge is -2.40. The maximum absolute atomic E-state index is 13.1. The molecular formula is C23H30N4O6. The highest BCUT2D eigenvalue weighted by Crippen LogP contribution is 2.39. The van der Waals surface area contributed by atoms with Gasteiger partial charge >= 0.3 is 6.03 Å². The van der Waals surface area contributed by atoms with Gasteiger partial charge in [0.05, 0.1) is 6.10 Å². The van der Waals surface area contributed by atoms with Gasteiger partial charge in [-0.3, -0.25) is 29.5 Å². The van der Waals surface area contributed by atoms with Crippen LogP contribution in [0.2, 0.25) is 0 Å². The number of aliphatic hydroxyl groups excluding tert-OH is 1. The standard InChI is InChI=1S/C22H28N4O4.CH2O2/c27-19-10-16-12-25(11-15(16)9-18(19)24-7-1-2-8-24)21(29)14-3-5-17(6-4-14)26-13-20(28)23-22(26)30;2-1-3/h3-6,15-16,18-19,27H,1-2,7-13H2,(H,23,28,30);1H,(H,2,3)/t15-,16+,18-,19-;/m1./s1. The smallest absolute Gasteiger partial charge is 0.329 e. The first-order valence-corrected chi connectivity index (χ1v) is 11.4. The molecule has 10 heteroatoms. The molecule has 4 aliphatic rings. The fourth-order valence-electron chi connectivity index (χ4n) is 5.66. The highest BCUT2D eigenvalue weighted by atomic mass is 16.3. The van der Waals surface area contributed by atoms with Crippen molar-refractivity contribution in [1.29, 1.82) is 0 Å². The van der Waals surface area contributed by atoms with Crippen molar-refractivity contribution in [3.8, 4) is 0 Å². The number of nitrogens with zero attached hydrogens (tertiary/aromatic N) is 3. The molecule has 4 atom stereocenters. The second-order valence-electron chi connectivity index (χ2n) is 9.17. The van der Waals surface area contributed by atoms with Crippen LogP contribution in [-0.2, 0) is 9.59 Å². The van der Waals surface area contributed by atoms with Crippen LogP contribution < -0.4 is 10.2 Å². The molecule has 5 rings (SSSR count). The summed E-state index contributed by atoms with van der Waals surface area (Å²) in [4.78, 5) is 50.3. The molecule has 0 unspecified atom stereocenters. The molecule has 33 heavy (non-hydrogen) atoms. The van der Waals surface area contributed by atoms with Gasteiger partial charge in [-0.05, 0) is 74.9 Å².